The average Bonchev–Trinajstić information content (AvgIpc) is 2.83. The third kappa shape index (κ3) is 8.66. The molecule has 198 valence electrons. The highest BCUT2D eigenvalue weighted by Crippen LogP contribution is 2.20. The molecule has 36 heavy (non-hydrogen) atoms. The van der Waals surface area contributed by atoms with Crippen molar-refractivity contribution in [2.75, 3.05) is 17.1 Å². The van der Waals surface area contributed by atoms with Gasteiger partial charge in [0.1, 0.15) is 6.04 Å². The Morgan fingerprint density at radius 1 is 1.00 bits per heavy atom. The zero-order valence-corrected chi connectivity index (χ0v) is 23.3. The number of nitrogens with one attached hydrogen (secondary N) is 1. The number of sulfonamides is 1. The van der Waals surface area contributed by atoms with Crippen LogP contribution in [0.25, 0.3) is 0 Å². The molecule has 0 radical (unpaired) electrons. The lowest BCUT2D eigenvalue weighted by atomic mass is 10.1. The van der Waals surface area contributed by atoms with Gasteiger partial charge >= 0.3 is 0 Å². The largest absolute Gasteiger partial charge is 0.352 e. The molecule has 1 N–H and O–H groups in total. The zero-order chi connectivity index (χ0) is 26.9. The van der Waals surface area contributed by atoms with Crippen molar-refractivity contribution in [2.45, 2.75) is 78.9 Å². The van der Waals surface area contributed by atoms with Gasteiger partial charge in [-0.05, 0) is 63.3 Å². The van der Waals surface area contributed by atoms with Crippen LogP contribution in [0, 0.1) is 6.92 Å². The van der Waals surface area contributed by atoms with Crippen molar-refractivity contribution in [3.05, 3.63) is 65.2 Å². The molecule has 0 saturated heterocycles. The highest BCUT2D eigenvalue weighted by molar-refractivity contribution is 7.92. The summed E-state index contributed by atoms with van der Waals surface area (Å²) in [5.74, 6) is -0.378. The summed E-state index contributed by atoms with van der Waals surface area (Å²) in [6.45, 7) is 10.2. The van der Waals surface area contributed by atoms with Gasteiger partial charge in [-0.25, -0.2) is 8.42 Å². The molecule has 0 bridgehead atoms. The van der Waals surface area contributed by atoms with Crippen LogP contribution in [0.2, 0.25) is 0 Å². The van der Waals surface area contributed by atoms with Crippen LogP contribution < -0.4 is 9.62 Å². The van der Waals surface area contributed by atoms with E-state index in [0.29, 0.717) is 18.7 Å². The number of aryl methyl sites for hydroxylation is 2. The first kappa shape index (κ1) is 29.4. The monoisotopic (exact) mass is 515 g/mol. The van der Waals surface area contributed by atoms with Gasteiger partial charge in [0, 0.05) is 25.6 Å². The van der Waals surface area contributed by atoms with Gasteiger partial charge in [-0.2, -0.15) is 0 Å². The van der Waals surface area contributed by atoms with E-state index in [-0.39, 0.29) is 30.8 Å². The van der Waals surface area contributed by atoms with Crippen molar-refractivity contribution in [1.82, 2.24) is 10.2 Å². The molecule has 0 saturated carbocycles. The summed E-state index contributed by atoms with van der Waals surface area (Å²) in [7, 11) is -3.51. The number of carbonyl (C=O) groups is 2. The molecule has 0 aliphatic rings. The number of benzene rings is 2. The van der Waals surface area contributed by atoms with Crippen LogP contribution >= 0.6 is 0 Å². The second-order valence-corrected chi connectivity index (χ2v) is 11.4. The first-order valence-electron chi connectivity index (χ1n) is 12.7. The van der Waals surface area contributed by atoms with E-state index >= 15 is 0 Å². The predicted octanol–water partition coefficient (Wildman–Crippen LogP) is 4.44. The van der Waals surface area contributed by atoms with Gasteiger partial charge in [-0.1, -0.05) is 55.8 Å². The lowest BCUT2D eigenvalue weighted by Gasteiger charge is -2.30. The van der Waals surface area contributed by atoms with Crippen molar-refractivity contribution in [1.29, 1.82) is 0 Å². The first-order chi connectivity index (χ1) is 17.0. The minimum Gasteiger partial charge on any atom is -0.352 e. The highest BCUT2D eigenvalue weighted by Gasteiger charge is 2.27. The lowest BCUT2D eigenvalue weighted by Crippen LogP contribution is -2.49. The molecule has 7 nitrogen and oxygen atoms in total. The van der Waals surface area contributed by atoms with E-state index in [1.807, 2.05) is 64.1 Å². The van der Waals surface area contributed by atoms with Gasteiger partial charge in [0.05, 0.1) is 11.9 Å². The fraction of sp³-hybridized carbons (Fsp3) is 0.500. The first-order valence-corrected chi connectivity index (χ1v) is 14.5. The highest BCUT2D eigenvalue weighted by atomic mass is 32.2. The molecule has 0 heterocycles. The summed E-state index contributed by atoms with van der Waals surface area (Å²) in [6.07, 6.45) is 3.31. The average molecular weight is 516 g/mol. The minimum atomic E-state index is -3.51. The van der Waals surface area contributed by atoms with Crippen LogP contribution in [0.3, 0.4) is 0 Å². The fourth-order valence-electron chi connectivity index (χ4n) is 3.96. The molecule has 0 fully saturated rings. The van der Waals surface area contributed by atoms with E-state index < -0.39 is 16.1 Å². The topological polar surface area (TPSA) is 86.8 Å². The Morgan fingerprint density at radius 3 is 2.22 bits per heavy atom. The molecule has 2 aromatic rings. The molecule has 2 amide bonds. The third-order valence-corrected chi connectivity index (χ3v) is 7.58. The van der Waals surface area contributed by atoms with Gasteiger partial charge in [-0.15, -0.1) is 0 Å². The second kappa shape index (κ2) is 13.4. The molecule has 2 aromatic carbocycles. The number of hydrogen-bond donors (Lipinski definition) is 1. The number of nitrogens with zero attached hydrogens (tertiary/aromatic N) is 2. The Hall–Kier alpha value is -2.87. The number of anilines is 1. The van der Waals surface area contributed by atoms with Crippen molar-refractivity contribution in [3.8, 4) is 0 Å². The van der Waals surface area contributed by atoms with E-state index in [2.05, 4.69) is 5.32 Å². The molecular formula is C28H41N3O4S. The smallest absolute Gasteiger partial charge is 0.242 e. The van der Waals surface area contributed by atoms with Crippen LogP contribution in [-0.2, 0) is 32.6 Å². The number of amides is 2. The SMILES string of the molecule is CCc1ccc(N(CCCC(=O)N(Cc2cccc(C)c2)[C@H](C)C(=O)N[C@H](C)CC)S(C)(=O)=O)cc1. The van der Waals surface area contributed by atoms with Crippen molar-refractivity contribution in [2.24, 2.45) is 0 Å². The Kier molecular flexibility index (Phi) is 11.0. The van der Waals surface area contributed by atoms with E-state index in [4.69, 9.17) is 0 Å². The van der Waals surface area contributed by atoms with Crippen LogP contribution in [0.15, 0.2) is 48.5 Å². The molecule has 0 spiro atoms. The summed E-state index contributed by atoms with van der Waals surface area (Å²) in [4.78, 5) is 27.8. The van der Waals surface area contributed by atoms with Crippen LogP contribution in [-0.4, -0.2) is 50.0 Å². The van der Waals surface area contributed by atoms with Crippen LogP contribution in [0.5, 0.6) is 0 Å². The molecule has 2 rings (SSSR count). The lowest BCUT2D eigenvalue weighted by molar-refractivity contribution is -0.140. The molecule has 8 heteroatoms. The van der Waals surface area contributed by atoms with Crippen molar-refractivity contribution >= 4 is 27.5 Å². The molecular weight excluding hydrogens is 474 g/mol. The van der Waals surface area contributed by atoms with E-state index in [1.165, 1.54) is 10.6 Å². The van der Waals surface area contributed by atoms with Crippen molar-refractivity contribution < 1.29 is 18.0 Å². The Balaban J connectivity index is 2.17. The minimum absolute atomic E-state index is 0.0123. The van der Waals surface area contributed by atoms with Crippen molar-refractivity contribution in [3.63, 3.8) is 0 Å². The van der Waals surface area contributed by atoms with Gasteiger partial charge in [0.2, 0.25) is 21.8 Å². The summed E-state index contributed by atoms with van der Waals surface area (Å²) in [5.41, 5.74) is 3.73. The van der Waals surface area contributed by atoms with E-state index in [1.54, 1.807) is 24.0 Å². The number of carbonyl (C=O) groups excluding carboxylic acids is 2. The zero-order valence-electron chi connectivity index (χ0n) is 22.5. The Labute approximate surface area is 216 Å². The maximum Gasteiger partial charge on any atom is 0.242 e. The Morgan fingerprint density at radius 2 is 1.67 bits per heavy atom. The normalized spacial score (nSPS) is 13.1. The van der Waals surface area contributed by atoms with Gasteiger partial charge < -0.3 is 10.2 Å². The fourth-order valence-corrected chi connectivity index (χ4v) is 4.92. The maximum atomic E-state index is 13.4. The van der Waals surface area contributed by atoms with Gasteiger partial charge in [0.15, 0.2) is 0 Å². The Bertz CT molecular complexity index is 1120. The maximum absolute atomic E-state index is 13.4. The standard InChI is InChI=1S/C28H41N3O4S/c1-7-22(4)29-28(33)23(5)30(20-25-12-9-11-21(3)19-25)27(32)13-10-18-31(36(6,34)35)26-16-14-24(8-2)15-17-26/h9,11-12,14-17,19,22-23H,7-8,10,13,18,20H2,1-6H3,(H,29,33)/t22-,23-/m1/s1. The number of rotatable bonds is 13. The molecule has 0 unspecified atom stereocenters. The van der Waals surface area contributed by atoms with Crippen LogP contribution in [0.1, 0.15) is 63.6 Å². The van der Waals surface area contributed by atoms with Crippen LogP contribution in [0.4, 0.5) is 5.69 Å². The van der Waals surface area contributed by atoms with E-state index in [9.17, 15) is 18.0 Å². The third-order valence-electron chi connectivity index (χ3n) is 6.39. The summed E-state index contributed by atoms with van der Waals surface area (Å²) < 4.78 is 26.3. The molecule has 0 aliphatic carbocycles. The predicted molar refractivity (Wildman–Crippen MR) is 146 cm³/mol. The quantitative estimate of drug-likeness (QED) is 0.427. The molecule has 0 aromatic heterocycles. The molecule has 0 aliphatic heterocycles. The summed E-state index contributed by atoms with van der Waals surface area (Å²) >= 11 is 0. The summed E-state index contributed by atoms with van der Waals surface area (Å²) in [6, 6.07) is 14.7. The number of hydrogen-bond acceptors (Lipinski definition) is 4. The van der Waals surface area contributed by atoms with E-state index in [0.717, 1.165) is 29.5 Å². The second-order valence-electron chi connectivity index (χ2n) is 9.46. The summed E-state index contributed by atoms with van der Waals surface area (Å²) in [5, 5.41) is 2.97. The van der Waals surface area contributed by atoms with Gasteiger partial charge in [-0.3, -0.25) is 13.9 Å². The molecule has 2 atom stereocenters. The van der Waals surface area contributed by atoms with Gasteiger partial charge in [0.25, 0.3) is 0 Å².